The molecule has 1 atom stereocenters. The molecule has 0 radical (unpaired) electrons. The number of alkyl halides is 3. The molecule has 2 saturated heterocycles. The number of ether oxygens (including phenoxy) is 1. The van der Waals surface area contributed by atoms with E-state index in [0.717, 1.165) is 32.5 Å². The summed E-state index contributed by atoms with van der Waals surface area (Å²) in [4.78, 5) is 34.1. The maximum atomic E-state index is 13.1. The molecule has 0 spiro atoms. The lowest BCUT2D eigenvalue weighted by Gasteiger charge is -2.33. The van der Waals surface area contributed by atoms with Gasteiger partial charge in [0.05, 0.1) is 12.0 Å². The van der Waals surface area contributed by atoms with E-state index in [1.807, 2.05) is 0 Å². The van der Waals surface area contributed by atoms with Gasteiger partial charge in [0, 0.05) is 31.7 Å². The van der Waals surface area contributed by atoms with E-state index in [2.05, 4.69) is 15.2 Å². The van der Waals surface area contributed by atoms with Gasteiger partial charge >= 0.3 is 6.18 Å². The molecule has 1 saturated carbocycles. The average Bonchev–Trinajstić information content (AvgIpc) is 3.54. The molecular weight excluding hydrogens is 461 g/mol. The van der Waals surface area contributed by atoms with Crippen LogP contribution in [0.2, 0.25) is 0 Å². The van der Waals surface area contributed by atoms with Crippen LogP contribution >= 0.6 is 0 Å². The second kappa shape index (κ2) is 11.6. The van der Waals surface area contributed by atoms with Gasteiger partial charge in [-0.2, -0.15) is 13.2 Å². The number of halogens is 3. The monoisotopic (exact) mass is 496 g/mol. The van der Waals surface area contributed by atoms with E-state index in [9.17, 15) is 22.8 Å². The number of likely N-dealkylation sites (tertiary alicyclic amines) is 2. The van der Waals surface area contributed by atoms with Crippen molar-refractivity contribution in [2.75, 3.05) is 39.3 Å². The first-order chi connectivity index (χ1) is 16.8. The quantitative estimate of drug-likeness (QED) is 0.595. The Morgan fingerprint density at radius 2 is 1.80 bits per heavy atom. The van der Waals surface area contributed by atoms with Gasteiger partial charge in [-0.15, -0.1) is 0 Å². The van der Waals surface area contributed by atoms with Crippen molar-refractivity contribution < 1.29 is 27.5 Å². The Labute approximate surface area is 204 Å². The SMILES string of the molecule is O=C(NCCN1CCCC1)c1ncccc1OCC1CCCN1C(=O)C1CCC(C(F)(F)F)CC1. The summed E-state index contributed by atoms with van der Waals surface area (Å²) >= 11 is 0. The van der Waals surface area contributed by atoms with E-state index in [4.69, 9.17) is 4.74 Å². The third-order valence-corrected chi connectivity index (χ3v) is 7.53. The zero-order valence-electron chi connectivity index (χ0n) is 20.1. The Balaban J connectivity index is 1.28. The van der Waals surface area contributed by atoms with Crippen molar-refractivity contribution in [2.24, 2.45) is 11.8 Å². The van der Waals surface area contributed by atoms with Crippen molar-refractivity contribution in [2.45, 2.75) is 63.6 Å². The first-order valence-electron chi connectivity index (χ1n) is 12.8. The second-order valence-corrected chi connectivity index (χ2v) is 9.88. The fourth-order valence-corrected chi connectivity index (χ4v) is 5.48. The number of hydrogen-bond donors (Lipinski definition) is 1. The molecule has 1 N–H and O–H groups in total. The summed E-state index contributed by atoms with van der Waals surface area (Å²) in [5.41, 5.74) is 0.218. The number of hydrogen-bond acceptors (Lipinski definition) is 5. The topological polar surface area (TPSA) is 74.8 Å². The summed E-state index contributed by atoms with van der Waals surface area (Å²) in [6, 6.07) is 3.24. The van der Waals surface area contributed by atoms with Crippen molar-refractivity contribution in [1.29, 1.82) is 0 Å². The Kier molecular flexibility index (Phi) is 8.51. The highest BCUT2D eigenvalue weighted by Crippen LogP contribution is 2.40. The number of pyridine rings is 1. The molecule has 2 aliphatic heterocycles. The van der Waals surface area contributed by atoms with Crippen molar-refractivity contribution in [3.8, 4) is 5.75 Å². The fraction of sp³-hybridized carbons (Fsp3) is 0.720. The largest absolute Gasteiger partial charge is 0.489 e. The molecule has 1 aliphatic carbocycles. The van der Waals surface area contributed by atoms with Gasteiger partial charge in [0.25, 0.3) is 5.91 Å². The summed E-state index contributed by atoms with van der Waals surface area (Å²) in [7, 11) is 0. The zero-order valence-corrected chi connectivity index (χ0v) is 20.1. The maximum Gasteiger partial charge on any atom is 0.391 e. The van der Waals surface area contributed by atoms with E-state index in [-0.39, 0.29) is 61.8 Å². The van der Waals surface area contributed by atoms with E-state index < -0.39 is 12.1 Å². The van der Waals surface area contributed by atoms with Gasteiger partial charge in [0.15, 0.2) is 11.4 Å². The van der Waals surface area contributed by atoms with E-state index >= 15 is 0 Å². The minimum Gasteiger partial charge on any atom is -0.489 e. The summed E-state index contributed by atoms with van der Waals surface area (Å²) in [5, 5.41) is 2.91. The van der Waals surface area contributed by atoms with Gasteiger partial charge in [-0.3, -0.25) is 9.59 Å². The molecule has 3 fully saturated rings. The highest BCUT2D eigenvalue weighted by molar-refractivity contribution is 5.94. The molecule has 1 aromatic rings. The van der Waals surface area contributed by atoms with Gasteiger partial charge in [0.1, 0.15) is 6.61 Å². The molecule has 10 heteroatoms. The lowest BCUT2D eigenvalue weighted by atomic mass is 9.81. The minimum atomic E-state index is -4.18. The van der Waals surface area contributed by atoms with E-state index in [1.54, 1.807) is 23.2 Å². The summed E-state index contributed by atoms with van der Waals surface area (Å²) in [6.07, 6.45) is 1.93. The van der Waals surface area contributed by atoms with Crippen molar-refractivity contribution in [1.82, 2.24) is 20.1 Å². The number of nitrogens with zero attached hydrogens (tertiary/aromatic N) is 3. The third-order valence-electron chi connectivity index (χ3n) is 7.53. The molecule has 4 rings (SSSR count). The Hall–Kier alpha value is -2.36. The number of carbonyl (C=O) groups is 2. The van der Waals surface area contributed by atoms with Crippen LogP contribution in [0.15, 0.2) is 18.3 Å². The predicted molar refractivity (Wildman–Crippen MR) is 124 cm³/mol. The smallest absolute Gasteiger partial charge is 0.391 e. The first kappa shape index (κ1) is 25.7. The predicted octanol–water partition coefficient (Wildman–Crippen LogP) is 3.65. The summed E-state index contributed by atoms with van der Waals surface area (Å²) in [5.74, 6) is -1.64. The van der Waals surface area contributed by atoms with Gasteiger partial charge in [-0.1, -0.05) is 0 Å². The van der Waals surface area contributed by atoms with Crippen LogP contribution in [0.1, 0.15) is 61.9 Å². The van der Waals surface area contributed by atoms with Crippen LogP contribution in [0.3, 0.4) is 0 Å². The number of carbonyl (C=O) groups excluding carboxylic acids is 2. The molecular formula is C25H35F3N4O3. The van der Waals surface area contributed by atoms with Gasteiger partial charge < -0.3 is 19.9 Å². The van der Waals surface area contributed by atoms with Gasteiger partial charge in [0.2, 0.25) is 5.91 Å². The number of aromatic nitrogens is 1. The van der Waals surface area contributed by atoms with Crippen molar-refractivity contribution in [3.63, 3.8) is 0 Å². The molecule has 0 bridgehead atoms. The average molecular weight is 497 g/mol. The number of nitrogens with one attached hydrogen (secondary N) is 1. The lowest BCUT2D eigenvalue weighted by molar-refractivity contribution is -0.185. The number of rotatable bonds is 8. The highest BCUT2D eigenvalue weighted by atomic mass is 19.4. The second-order valence-electron chi connectivity index (χ2n) is 9.88. The fourth-order valence-electron chi connectivity index (χ4n) is 5.48. The zero-order chi connectivity index (χ0) is 24.8. The molecule has 1 unspecified atom stereocenters. The van der Waals surface area contributed by atoms with E-state index in [1.165, 1.54) is 12.8 Å². The summed E-state index contributed by atoms with van der Waals surface area (Å²) < 4.78 is 44.9. The van der Waals surface area contributed by atoms with Crippen LogP contribution < -0.4 is 10.1 Å². The van der Waals surface area contributed by atoms with Crippen molar-refractivity contribution >= 4 is 11.8 Å². The highest BCUT2D eigenvalue weighted by Gasteiger charge is 2.44. The van der Waals surface area contributed by atoms with Crippen LogP contribution in [-0.4, -0.2) is 78.1 Å². The minimum absolute atomic E-state index is 0.0147. The molecule has 3 heterocycles. The molecule has 35 heavy (non-hydrogen) atoms. The first-order valence-corrected chi connectivity index (χ1v) is 12.8. The van der Waals surface area contributed by atoms with Crippen molar-refractivity contribution in [3.05, 3.63) is 24.0 Å². The molecule has 0 aromatic carbocycles. The third kappa shape index (κ3) is 6.65. The maximum absolute atomic E-state index is 13.1. The van der Waals surface area contributed by atoms with Crippen LogP contribution in [0.5, 0.6) is 5.75 Å². The van der Waals surface area contributed by atoms with Crippen LogP contribution in [0, 0.1) is 11.8 Å². The Morgan fingerprint density at radius 1 is 1.06 bits per heavy atom. The molecule has 7 nitrogen and oxygen atoms in total. The van der Waals surface area contributed by atoms with Gasteiger partial charge in [-0.25, -0.2) is 4.98 Å². The standard InChI is InChI=1S/C25H35F3N4O3/c26-25(27,28)19-9-7-18(8-10-19)24(34)32-15-4-5-20(32)17-35-21-6-3-11-29-22(21)23(33)30-12-16-31-13-1-2-14-31/h3,6,11,18-20H,1-2,4-5,7-10,12-17H2,(H,30,33). The molecule has 1 aromatic heterocycles. The number of amides is 2. The lowest BCUT2D eigenvalue weighted by Crippen LogP contribution is -2.44. The van der Waals surface area contributed by atoms with Gasteiger partial charge in [-0.05, 0) is 76.6 Å². The van der Waals surface area contributed by atoms with Crippen LogP contribution in [0.4, 0.5) is 13.2 Å². The van der Waals surface area contributed by atoms with E-state index in [0.29, 0.717) is 18.8 Å². The Bertz CT molecular complexity index is 868. The normalized spacial score (nSPS) is 25.6. The molecule has 194 valence electrons. The summed E-state index contributed by atoms with van der Waals surface area (Å²) in [6.45, 7) is 4.28. The molecule has 3 aliphatic rings. The van der Waals surface area contributed by atoms with Crippen LogP contribution in [0.25, 0.3) is 0 Å². The molecule has 2 amide bonds. The Morgan fingerprint density at radius 3 is 2.51 bits per heavy atom. The van der Waals surface area contributed by atoms with Crippen LogP contribution in [-0.2, 0) is 4.79 Å².